The zero-order chi connectivity index (χ0) is 16.8. The van der Waals surface area contributed by atoms with Gasteiger partial charge in [0, 0.05) is 0 Å². The Balaban J connectivity index is 1.93. The Morgan fingerprint density at radius 3 is 2.57 bits per heavy atom. The first-order valence-electron chi connectivity index (χ1n) is 7.07. The predicted molar refractivity (Wildman–Crippen MR) is 85.0 cm³/mol. The van der Waals surface area contributed by atoms with Crippen LogP contribution in [0.15, 0.2) is 45.9 Å². The zero-order valence-corrected chi connectivity index (χ0v) is 13.2. The molecule has 1 aromatic heterocycles. The van der Waals surface area contributed by atoms with Gasteiger partial charge in [-0.1, -0.05) is 0 Å². The molecule has 0 bridgehead atoms. The molecule has 0 aliphatic heterocycles. The van der Waals surface area contributed by atoms with Crippen molar-refractivity contribution in [2.75, 3.05) is 0 Å². The Morgan fingerprint density at radius 1 is 1.30 bits per heavy atom. The second-order valence-corrected chi connectivity index (χ2v) is 4.98. The first-order chi connectivity index (χ1) is 11.0. The number of nitrogens with zero attached hydrogens (tertiary/aromatic N) is 2. The van der Waals surface area contributed by atoms with Gasteiger partial charge in [-0.15, -0.1) is 0 Å². The summed E-state index contributed by atoms with van der Waals surface area (Å²) in [7, 11) is 0. The van der Waals surface area contributed by atoms with Crippen molar-refractivity contribution < 1.29 is 13.9 Å². The van der Waals surface area contributed by atoms with Gasteiger partial charge in [0.2, 0.25) is 0 Å². The van der Waals surface area contributed by atoms with Gasteiger partial charge in [0.15, 0.2) is 6.10 Å². The van der Waals surface area contributed by atoms with E-state index in [0.29, 0.717) is 22.8 Å². The van der Waals surface area contributed by atoms with Crippen LogP contribution in [0.5, 0.6) is 5.75 Å². The lowest BCUT2D eigenvalue weighted by Crippen LogP contribution is -2.33. The summed E-state index contributed by atoms with van der Waals surface area (Å²) in [5.74, 6) is 1.51. The summed E-state index contributed by atoms with van der Waals surface area (Å²) >= 11 is 0. The molecule has 0 spiro atoms. The van der Waals surface area contributed by atoms with E-state index in [1.54, 1.807) is 44.2 Å². The monoisotopic (exact) mass is 311 g/mol. The molecular formula is C17H17N3O3. The molecule has 0 aliphatic rings. The number of hydrogen-bond donors (Lipinski definition) is 1. The highest BCUT2D eigenvalue weighted by atomic mass is 16.5. The molecule has 2 aromatic rings. The second-order valence-electron chi connectivity index (χ2n) is 4.98. The number of carbonyl (C=O) groups excluding carboxylic acids is 1. The molecule has 0 aliphatic carbocycles. The quantitative estimate of drug-likeness (QED) is 0.679. The van der Waals surface area contributed by atoms with Crippen molar-refractivity contribution in [3.63, 3.8) is 0 Å². The average Bonchev–Trinajstić information content (AvgIpc) is 2.99. The number of hydrogen-bond acceptors (Lipinski definition) is 5. The van der Waals surface area contributed by atoms with E-state index in [9.17, 15) is 4.79 Å². The number of rotatable bonds is 5. The van der Waals surface area contributed by atoms with Crippen LogP contribution in [0, 0.1) is 18.3 Å². The Bertz CT molecular complexity index is 754. The highest BCUT2D eigenvalue weighted by Gasteiger charge is 2.14. The van der Waals surface area contributed by atoms with Crippen molar-refractivity contribution >= 4 is 11.6 Å². The number of hydrazone groups is 1. The summed E-state index contributed by atoms with van der Waals surface area (Å²) in [6, 6.07) is 12.2. The van der Waals surface area contributed by atoms with Gasteiger partial charge >= 0.3 is 0 Å². The topological polar surface area (TPSA) is 87.6 Å². The molecule has 2 rings (SSSR count). The lowest BCUT2D eigenvalue weighted by Gasteiger charge is -2.13. The molecule has 0 fully saturated rings. The largest absolute Gasteiger partial charge is 0.481 e. The Hall–Kier alpha value is -3.07. The average molecular weight is 311 g/mol. The fraction of sp³-hybridized carbons (Fsp3) is 0.235. The fourth-order valence-corrected chi connectivity index (χ4v) is 1.78. The van der Waals surface area contributed by atoms with Crippen LogP contribution in [-0.4, -0.2) is 17.7 Å². The Labute approximate surface area is 134 Å². The van der Waals surface area contributed by atoms with E-state index in [1.165, 1.54) is 0 Å². The van der Waals surface area contributed by atoms with Gasteiger partial charge in [0.05, 0.1) is 11.6 Å². The maximum absolute atomic E-state index is 12.0. The molecule has 1 atom stereocenters. The van der Waals surface area contributed by atoms with Crippen molar-refractivity contribution in [2.24, 2.45) is 5.10 Å². The maximum atomic E-state index is 12.0. The highest BCUT2D eigenvalue weighted by molar-refractivity contribution is 5.97. The first kappa shape index (κ1) is 16.3. The van der Waals surface area contributed by atoms with Gasteiger partial charge < -0.3 is 9.15 Å². The third kappa shape index (κ3) is 4.45. The molecule has 6 heteroatoms. The van der Waals surface area contributed by atoms with Gasteiger partial charge in [-0.2, -0.15) is 10.4 Å². The molecule has 1 aromatic carbocycles. The minimum absolute atomic E-state index is 0.378. The van der Waals surface area contributed by atoms with Crippen molar-refractivity contribution in [3.8, 4) is 11.8 Å². The number of amides is 1. The fourth-order valence-electron chi connectivity index (χ4n) is 1.78. The summed E-state index contributed by atoms with van der Waals surface area (Å²) < 4.78 is 10.9. The SMILES string of the molecule is C/C(=N\NC(=O)C(C)Oc1ccc(C#N)cc1)c1ccc(C)o1. The predicted octanol–water partition coefficient (Wildman–Crippen LogP) is 2.77. The molecule has 6 nitrogen and oxygen atoms in total. The summed E-state index contributed by atoms with van der Waals surface area (Å²) in [5, 5.41) is 12.7. The van der Waals surface area contributed by atoms with Crippen LogP contribution < -0.4 is 10.2 Å². The lowest BCUT2D eigenvalue weighted by atomic mass is 10.2. The number of nitriles is 1. The molecule has 0 radical (unpaired) electrons. The third-order valence-corrected chi connectivity index (χ3v) is 3.10. The minimum atomic E-state index is -0.724. The van der Waals surface area contributed by atoms with Crippen molar-refractivity contribution in [1.29, 1.82) is 5.26 Å². The van der Waals surface area contributed by atoms with Gasteiger partial charge in [-0.3, -0.25) is 4.79 Å². The van der Waals surface area contributed by atoms with E-state index in [2.05, 4.69) is 10.5 Å². The first-order valence-corrected chi connectivity index (χ1v) is 7.07. The number of aryl methyl sites for hydroxylation is 1. The second kappa shape index (κ2) is 7.27. The molecular weight excluding hydrogens is 294 g/mol. The molecule has 0 saturated heterocycles. The van der Waals surface area contributed by atoms with Crippen molar-refractivity contribution in [2.45, 2.75) is 26.9 Å². The van der Waals surface area contributed by atoms with E-state index in [4.69, 9.17) is 14.4 Å². The number of furan rings is 1. The van der Waals surface area contributed by atoms with Crippen LogP contribution in [0.4, 0.5) is 0 Å². The van der Waals surface area contributed by atoms with Crippen molar-refractivity contribution in [1.82, 2.24) is 5.43 Å². The standard InChI is InChI=1S/C17H17N3O3/c1-11-4-9-16(22-11)12(2)19-20-17(21)13(3)23-15-7-5-14(10-18)6-8-15/h4-9,13H,1-3H3,(H,20,21)/b19-12+. The van der Waals surface area contributed by atoms with Crippen LogP contribution >= 0.6 is 0 Å². The number of ether oxygens (including phenoxy) is 1. The molecule has 23 heavy (non-hydrogen) atoms. The summed E-state index contributed by atoms with van der Waals surface area (Å²) in [6.45, 7) is 5.20. The van der Waals surface area contributed by atoms with E-state index in [1.807, 2.05) is 19.1 Å². The smallest absolute Gasteiger partial charge is 0.280 e. The van der Waals surface area contributed by atoms with Gasteiger partial charge in [0.1, 0.15) is 23.0 Å². The Kier molecular flexibility index (Phi) is 5.15. The molecule has 1 unspecified atom stereocenters. The highest BCUT2D eigenvalue weighted by Crippen LogP contribution is 2.13. The normalized spacial score (nSPS) is 12.3. The maximum Gasteiger partial charge on any atom is 0.280 e. The van der Waals surface area contributed by atoms with E-state index in [-0.39, 0.29) is 5.91 Å². The van der Waals surface area contributed by atoms with E-state index in [0.717, 1.165) is 5.76 Å². The number of carbonyl (C=O) groups is 1. The van der Waals surface area contributed by atoms with Crippen molar-refractivity contribution in [3.05, 3.63) is 53.5 Å². The van der Waals surface area contributed by atoms with Crippen LogP contribution in [-0.2, 0) is 4.79 Å². The van der Waals surface area contributed by atoms with E-state index < -0.39 is 6.10 Å². The molecule has 0 saturated carbocycles. The summed E-state index contributed by atoms with van der Waals surface area (Å²) in [4.78, 5) is 12.0. The number of benzene rings is 1. The zero-order valence-electron chi connectivity index (χ0n) is 13.2. The summed E-state index contributed by atoms with van der Waals surface area (Å²) in [5.41, 5.74) is 3.54. The molecule has 1 amide bonds. The van der Waals surface area contributed by atoms with Gasteiger partial charge in [-0.25, -0.2) is 5.43 Å². The van der Waals surface area contributed by atoms with Crippen LogP contribution in [0.3, 0.4) is 0 Å². The summed E-state index contributed by atoms with van der Waals surface area (Å²) in [6.07, 6.45) is -0.724. The van der Waals surface area contributed by atoms with Crippen LogP contribution in [0.25, 0.3) is 0 Å². The third-order valence-electron chi connectivity index (χ3n) is 3.10. The molecule has 1 heterocycles. The van der Waals surface area contributed by atoms with Gasteiger partial charge in [0.25, 0.3) is 5.91 Å². The number of nitrogens with one attached hydrogen (secondary N) is 1. The van der Waals surface area contributed by atoms with Crippen LogP contribution in [0.1, 0.15) is 30.9 Å². The molecule has 1 N–H and O–H groups in total. The Morgan fingerprint density at radius 2 is 2.00 bits per heavy atom. The van der Waals surface area contributed by atoms with E-state index >= 15 is 0 Å². The van der Waals surface area contributed by atoms with Gasteiger partial charge in [-0.05, 0) is 57.2 Å². The minimum Gasteiger partial charge on any atom is -0.481 e. The lowest BCUT2D eigenvalue weighted by molar-refractivity contribution is -0.127. The van der Waals surface area contributed by atoms with Crippen LogP contribution in [0.2, 0.25) is 0 Å². The molecule has 118 valence electrons.